The monoisotopic (exact) mass is 245 g/mol. The van der Waals surface area contributed by atoms with E-state index in [9.17, 15) is 5.11 Å². The molecule has 0 saturated carbocycles. The van der Waals surface area contributed by atoms with Crippen molar-refractivity contribution < 1.29 is 5.11 Å². The van der Waals surface area contributed by atoms with Crippen LogP contribution >= 0.6 is 0 Å². The molecule has 1 saturated heterocycles. The van der Waals surface area contributed by atoms with Gasteiger partial charge in [0.05, 0.1) is 11.6 Å². The zero-order valence-electron chi connectivity index (χ0n) is 10.5. The van der Waals surface area contributed by atoms with Crippen LogP contribution in [-0.4, -0.2) is 42.8 Å². The van der Waals surface area contributed by atoms with E-state index in [4.69, 9.17) is 5.26 Å². The van der Waals surface area contributed by atoms with Crippen LogP contribution in [0.4, 0.5) is 0 Å². The molecule has 1 atom stereocenters. The average Bonchev–Trinajstić information content (AvgIpc) is 2.46. The zero-order valence-corrected chi connectivity index (χ0v) is 10.5. The van der Waals surface area contributed by atoms with Gasteiger partial charge in [-0.25, -0.2) is 0 Å². The van der Waals surface area contributed by atoms with Crippen molar-refractivity contribution in [1.82, 2.24) is 10.2 Å². The summed E-state index contributed by atoms with van der Waals surface area (Å²) in [5.41, 5.74) is 1.82. The maximum Gasteiger partial charge on any atom is 0.0991 e. The molecule has 96 valence electrons. The molecule has 1 fully saturated rings. The van der Waals surface area contributed by atoms with Crippen LogP contribution in [0.15, 0.2) is 24.3 Å². The van der Waals surface area contributed by atoms with E-state index in [2.05, 4.69) is 16.3 Å². The third-order valence-corrected chi connectivity index (χ3v) is 3.40. The van der Waals surface area contributed by atoms with E-state index in [-0.39, 0.29) is 12.6 Å². The molecule has 0 aromatic heterocycles. The van der Waals surface area contributed by atoms with Crippen LogP contribution in [0.3, 0.4) is 0 Å². The van der Waals surface area contributed by atoms with E-state index in [1.807, 2.05) is 24.3 Å². The lowest BCUT2D eigenvalue weighted by Crippen LogP contribution is -2.45. The Morgan fingerprint density at radius 1 is 1.39 bits per heavy atom. The van der Waals surface area contributed by atoms with Crippen molar-refractivity contribution in [2.24, 2.45) is 0 Å². The van der Waals surface area contributed by atoms with Crippen molar-refractivity contribution in [3.05, 3.63) is 35.4 Å². The predicted octanol–water partition coefficient (Wildman–Crippen LogP) is 0.887. The quantitative estimate of drug-likeness (QED) is 0.827. The third-order valence-electron chi connectivity index (χ3n) is 3.40. The molecule has 1 aliphatic rings. The van der Waals surface area contributed by atoms with E-state index in [0.717, 1.165) is 38.2 Å². The highest BCUT2D eigenvalue weighted by Gasteiger charge is 2.21. The number of nitrogens with one attached hydrogen (secondary N) is 1. The number of piperazine rings is 1. The van der Waals surface area contributed by atoms with Crippen LogP contribution < -0.4 is 5.32 Å². The summed E-state index contributed by atoms with van der Waals surface area (Å²) in [6, 6.07) is 10.1. The Morgan fingerprint density at radius 2 is 2.17 bits per heavy atom. The topological polar surface area (TPSA) is 59.3 Å². The fourth-order valence-corrected chi connectivity index (χ4v) is 2.49. The van der Waals surface area contributed by atoms with Gasteiger partial charge in [-0.05, 0) is 24.1 Å². The van der Waals surface area contributed by atoms with Gasteiger partial charge in [-0.2, -0.15) is 5.26 Å². The first-order chi connectivity index (χ1) is 8.85. The van der Waals surface area contributed by atoms with Crippen LogP contribution in [0.1, 0.15) is 23.6 Å². The molecule has 4 heteroatoms. The molecule has 1 aromatic carbocycles. The SMILES string of the molecule is N#Cc1cccc([C@H](CCO)N2CCNCC2)c1. The largest absolute Gasteiger partial charge is 0.396 e. The van der Waals surface area contributed by atoms with Gasteiger partial charge in [0.1, 0.15) is 0 Å². The molecule has 0 radical (unpaired) electrons. The number of hydrogen-bond acceptors (Lipinski definition) is 4. The second-order valence-electron chi connectivity index (χ2n) is 4.55. The smallest absolute Gasteiger partial charge is 0.0991 e. The van der Waals surface area contributed by atoms with Crippen LogP contribution in [0, 0.1) is 11.3 Å². The lowest BCUT2D eigenvalue weighted by molar-refractivity contribution is 0.141. The van der Waals surface area contributed by atoms with Crippen LogP contribution in [0.2, 0.25) is 0 Å². The summed E-state index contributed by atoms with van der Waals surface area (Å²) in [7, 11) is 0. The van der Waals surface area contributed by atoms with Gasteiger partial charge in [0, 0.05) is 38.8 Å². The van der Waals surface area contributed by atoms with Crippen molar-refractivity contribution in [2.45, 2.75) is 12.5 Å². The molecule has 0 spiro atoms. The van der Waals surface area contributed by atoms with E-state index in [1.165, 1.54) is 0 Å². The van der Waals surface area contributed by atoms with E-state index in [1.54, 1.807) is 0 Å². The Balaban J connectivity index is 2.19. The van der Waals surface area contributed by atoms with Gasteiger partial charge in [0.25, 0.3) is 0 Å². The molecular formula is C14H19N3O. The second-order valence-corrected chi connectivity index (χ2v) is 4.55. The highest BCUT2D eigenvalue weighted by atomic mass is 16.3. The number of nitrogens with zero attached hydrogens (tertiary/aromatic N) is 2. The molecule has 2 rings (SSSR count). The molecule has 0 amide bonds. The predicted molar refractivity (Wildman–Crippen MR) is 70.0 cm³/mol. The summed E-state index contributed by atoms with van der Waals surface area (Å²) >= 11 is 0. The van der Waals surface area contributed by atoms with Crippen molar-refractivity contribution in [3.63, 3.8) is 0 Å². The molecule has 1 aromatic rings. The molecule has 1 aliphatic heterocycles. The lowest BCUT2D eigenvalue weighted by atomic mass is 9.99. The summed E-state index contributed by atoms with van der Waals surface area (Å²) in [6.07, 6.45) is 0.717. The Morgan fingerprint density at radius 3 is 2.83 bits per heavy atom. The highest BCUT2D eigenvalue weighted by molar-refractivity contribution is 5.34. The standard InChI is InChI=1S/C14H19N3O/c15-11-12-2-1-3-13(10-12)14(4-9-18)17-7-5-16-6-8-17/h1-3,10,14,16,18H,4-9H2/t14-/m0/s1. The zero-order chi connectivity index (χ0) is 12.8. The van der Waals surface area contributed by atoms with Gasteiger partial charge < -0.3 is 10.4 Å². The minimum absolute atomic E-state index is 0.172. The number of benzene rings is 1. The van der Waals surface area contributed by atoms with Crippen LogP contribution in [-0.2, 0) is 0 Å². The van der Waals surface area contributed by atoms with E-state index >= 15 is 0 Å². The molecule has 1 heterocycles. The summed E-state index contributed by atoms with van der Waals surface area (Å²) in [5.74, 6) is 0. The van der Waals surface area contributed by atoms with E-state index in [0.29, 0.717) is 5.56 Å². The van der Waals surface area contributed by atoms with Crippen LogP contribution in [0.25, 0.3) is 0 Å². The fourth-order valence-electron chi connectivity index (χ4n) is 2.49. The number of aliphatic hydroxyl groups excluding tert-OH is 1. The Bertz CT molecular complexity index is 421. The van der Waals surface area contributed by atoms with Crippen molar-refractivity contribution in [2.75, 3.05) is 32.8 Å². The number of hydrogen-bond donors (Lipinski definition) is 2. The van der Waals surface area contributed by atoms with Gasteiger partial charge >= 0.3 is 0 Å². The Labute approximate surface area is 108 Å². The molecule has 4 nitrogen and oxygen atoms in total. The molecule has 18 heavy (non-hydrogen) atoms. The Kier molecular flexibility index (Phi) is 4.71. The minimum Gasteiger partial charge on any atom is -0.396 e. The van der Waals surface area contributed by atoms with Crippen molar-refractivity contribution >= 4 is 0 Å². The molecule has 0 aliphatic carbocycles. The maximum absolute atomic E-state index is 9.25. The second kappa shape index (κ2) is 6.50. The van der Waals surface area contributed by atoms with Gasteiger partial charge in [0.15, 0.2) is 0 Å². The molecule has 0 unspecified atom stereocenters. The first-order valence-electron chi connectivity index (χ1n) is 6.41. The van der Waals surface area contributed by atoms with Crippen molar-refractivity contribution in [3.8, 4) is 6.07 Å². The first kappa shape index (κ1) is 13.0. The number of nitriles is 1. The summed E-state index contributed by atoms with van der Waals surface area (Å²) in [6.45, 7) is 4.12. The third kappa shape index (κ3) is 3.08. The first-order valence-corrected chi connectivity index (χ1v) is 6.41. The average molecular weight is 245 g/mol. The van der Waals surface area contributed by atoms with Gasteiger partial charge in [-0.1, -0.05) is 12.1 Å². The highest BCUT2D eigenvalue weighted by Crippen LogP contribution is 2.25. The lowest BCUT2D eigenvalue weighted by Gasteiger charge is -2.35. The Hall–Kier alpha value is -1.41. The molecule has 0 bridgehead atoms. The molecule has 2 N–H and O–H groups in total. The van der Waals surface area contributed by atoms with E-state index < -0.39 is 0 Å². The minimum atomic E-state index is 0.172. The fraction of sp³-hybridized carbons (Fsp3) is 0.500. The van der Waals surface area contributed by atoms with Crippen LogP contribution in [0.5, 0.6) is 0 Å². The number of rotatable bonds is 4. The maximum atomic E-state index is 9.25. The van der Waals surface area contributed by atoms with Gasteiger partial charge in [-0.3, -0.25) is 4.90 Å². The summed E-state index contributed by atoms with van der Waals surface area (Å²) < 4.78 is 0. The summed E-state index contributed by atoms with van der Waals surface area (Å²) in [4.78, 5) is 2.38. The normalized spacial score (nSPS) is 18.2. The van der Waals surface area contributed by atoms with Gasteiger partial charge in [-0.15, -0.1) is 0 Å². The molecular weight excluding hydrogens is 226 g/mol. The van der Waals surface area contributed by atoms with Crippen molar-refractivity contribution in [1.29, 1.82) is 5.26 Å². The summed E-state index contributed by atoms with van der Waals surface area (Å²) in [5, 5.41) is 21.5. The van der Waals surface area contributed by atoms with Gasteiger partial charge in [0.2, 0.25) is 0 Å². The number of aliphatic hydroxyl groups is 1.